The van der Waals surface area contributed by atoms with Crippen molar-refractivity contribution in [1.82, 2.24) is 9.80 Å². The molecule has 0 unspecified atom stereocenters. The van der Waals surface area contributed by atoms with Crippen molar-refractivity contribution in [3.63, 3.8) is 0 Å². The lowest BCUT2D eigenvalue weighted by Gasteiger charge is -2.48. The van der Waals surface area contributed by atoms with Crippen molar-refractivity contribution < 1.29 is 9.21 Å². The predicted molar refractivity (Wildman–Crippen MR) is 67.9 cm³/mol. The molecule has 3 heterocycles. The van der Waals surface area contributed by atoms with Crippen molar-refractivity contribution >= 4 is 5.91 Å². The summed E-state index contributed by atoms with van der Waals surface area (Å²) < 4.78 is 5.10. The van der Waals surface area contributed by atoms with E-state index in [0.717, 1.165) is 32.7 Å². The van der Waals surface area contributed by atoms with Crippen LogP contribution < -0.4 is 0 Å². The smallest absolute Gasteiger partial charge is 0.222 e. The zero-order valence-electron chi connectivity index (χ0n) is 10.9. The number of hydrogen-bond donors (Lipinski definition) is 0. The van der Waals surface area contributed by atoms with E-state index in [-0.39, 0.29) is 0 Å². The van der Waals surface area contributed by atoms with Gasteiger partial charge in [0.25, 0.3) is 0 Å². The van der Waals surface area contributed by atoms with Crippen LogP contribution in [-0.2, 0) is 11.3 Å². The van der Waals surface area contributed by atoms with E-state index in [9.17, 15) is 4.79 Å². The zero-order chi connectivity index (χ0) is 12.6. The van der Waals surface area contributed by atoms with Gasteiger partial charge >= 0.3 is 0 Å². The molecule has 18 heavy (non-hydrogen) atoms. The highest BCUT2D eigenvalue weighted by Gasteiger charge is 2.48. The average molecular weight is 248 g/mol. The van der Waals surface area contributed by atoms with Crippen LogP contribution >= 0.6 is 0 Å². The largest absolute Gasteiger partial charge is 0.472 e. The molecular weight excluding hydrogens is 228 g/mol. The minimum atomic E-state index is 0.300. The third kappa shape index (κ3) is 2.05. The monoisotopic (exact) mass is 248 g/mol. The molecule has 0 radical (unpaired) electrons. The predicted octanol–water partition coefficient (Wildman–Crippen LogP) is 1.72. The second kappa shape index (κ2) is 4.43. The van der Waals surface area contributed by atoms with E-state index in [4.69, 9.17) is 4.42 Å². The van der Waals surface area contributed by atoms with Crippen molar-refractivity contribution in [2.24, 2.45) is 5.41 Å². The fraction of sp³-hybridized carbons (Fsp3) is 0.643. The highest BCUT2D eigenvalue weighted by atomic mass is 16.3. The first-order valence-corrected chi connectivity index (χ1v) is 6.72. The van der Waals surface area contributed by atoms with Gasteiger partial charge in [0.2, 0.25) is 5.91 Å². The lowest BCUT2D eigenvalue weighted by atomic mass is 9.79. The summed E-state index contributed by atoms with van der Waals surface area (Å²) >= 11 is 0. The van der Waals surface area contributed by atoms with Gasteiger partial charge in [0.05, 0.1) is 12.5 Å². The molecule has 0 atom stereocenters. The molecule has 1 aromatic rings. The van der Waals surface area contributed by atoms with Crippen LogP contribution in [0.4, 0.5) is 0 Å². The first kappa shape index (κ1) is 11.8. The summed E-state index contributed by atoms with van der Waals surface area (Å²) in [5.74, 6) is 0.300. The third-order valence-electron chi connectivity index (χ3n) is 4.21. The second-order valence-electron chi connectivity index (χ2n) is 5.70. The van der Waals surface area contributed by atoms with Crippen LogP contribution in [0.3, 0.4) is 0 Å². The number of furan rings is 1. The number of likely N-dealkylation sites (tertiary alicyclic amines) is 2. The van der Waals surface area contributed by atoms with Crippen molar-refractivity contribution in [2.75, 3.05) is 26.2 Å². The summed E-state index contributed by atoms with van der Waals surface area (Å²) in [6.45, 7) is 7.08. The highest BCUT2D eigenvalue weighted by molar-refractivity contribution is 5.76. The Morgan fingerprint density at radius 3 is 2.94 bits per heavy atom. The molecule has 0 aliphatic carbocycles. The Hall–Kier alpha value is -1.29. The van der Waals surface area contributed by atoms with Gasteiger partial charge in [0.1, 0.15) is 0 Å². The van der Waals surface area contributed by atoms with Crippen LogP contribution in [0.25, 0.3) is 0 Å². The minimum absolute atomic E-state index is 0.300. The number of carbonyl (C=O) groups is 1. The number of hydrogen-bond acceptors (Lipinski definition) is 3. The van der Waals surface area contributed by atoms with Gasteiger partial charge in [-0.3, -0.25) is 9.69 Å². The molecule has 2 aliphatic rings. The van der Waals surface area contributed by atoms with Crippen LogP contribution in [-0.4, -0.2) is 41.9 Å². The standard InChI is InChI=1S/C14H20N2O2/c1-2-13(17)16-10-14(11-16)4-5-15(9-14)7-12-3-6-18-8-12/h3,6,8H,2,4-5,7,9-11H2,1H3. The molecule has 0 saturated carbocycles. The molecule has 2 aliphatic heterocycles. The van der Waals surface area contributed by atoms with Gasteiger partial charge in [-0.05, 0) is 19.0 Å². The number of nitrogens with zero attached hydrogens (tertiary/aromatic N) is 2. The molecule has 3 rings (SSSR count). The highest BCUT2D eigenvalue weighted by Crippen LogP contribution is 2.40. The summed E-state index contributed by atoms with van der Waals surface area (Å²) in [5.41, 5.74) is 1.63. The Morgan fingerprint density at radius 1 is 1.44 bits per heavy atom. The summed E-state index contributed by atoms with van der Waals surface area (Å²) in [4.78, 5) is 16.0. The van der Waals surface area contributed by atoms with Crippen LogP contribution in [0.5, 0.6) is 0 Å². The topological polar surface area (TPSA) is 36.7 Å². The van der Waals surface area contributed by atoms with Crippen molar-refractivity contribution in [1.29, 1.82) is 0 Å². The van der Waals surface area contributed by atoms with E-state index in [2.05, 4.69) is 4.90 Å². The Kier molecular flexibility index (Phi) is 2.90. The fourth-order valence-corrected chi connectivity index (χ4v) is 3.23. The molecule has 4 nitrogen and oxygen atoms in total. The summed E-state index contributed by atoms with van der Waals surface area (Å²) in [5, 5.41) is 0. The third-order valence-corrected chi connectivity index (χ3v) is 4.21. The molecular formula is C14H20N2O2. The van der Waals surface area contributed by atoms with Gasteiger partial charge in [-0.1, -0.05) is 6.92 Å². The molecule has 0 aromatic carbocycles. The first-order chi connectivity index (χ1) is 8.71. The second-order valence-corrected chi connectivity index (χ2v) is 5.70. The lowest BCUT2D eigenvalue weighted by molar-refractivity contribution is -0.142. The summed E-state index contributed by atoms with van der Waals surface area (Å²) in [7, 11) is 0. The molecule has 2 fully saturated rings. The summed E-state index contributed by atoms with van der Waals surface area (Å²) in [6, 6.07) is 2.03. The molecule has 1 spiro atoms. The van der Waals surface area contributed by atoms with E-state index in [0.29, 0.717) is 17.7 Å². The Balaban J connectivity index is 1.52. The van der Waals surface area contributed by atoms with Gasteiger partial charge in [0.15, 0.2) is 0 Å². The number of carbonyl (C=O) groups excluding carboxylic acids is 1. The Labute approximate surface area is 108 Å². The van der Waals surface area contributed by atoms with Gasteiger partial charge in [-0.2, -0.15) is 0 Å². The lowest BCUT2D eigenvalue weighted by Crippen LogP contribution is -2.59. The molecule has 1 amide bonds. The van der Waals surface area contributed by atoms with E-state index in [1.165, 1.54) is 12.0 Å². The van der Waals surface area contributed by atoms with E-state index >= 15 is 0 Å². The summed E-state index contributed by atoms with van der Waals surface area (Å²) in [6.07, 6.45) is 5.40. The SMILES string of the molecule is CCC(=O)N1CC2(CCN(Cc3ccoc3)C2)C1. The van der Waals surface area contributed by atoms with Crippen molar-refractivity contribution in [2.45, 2.75) is 26.3 Å². The van der Waals surface area contributed by atoms with Gasteiger partial charge in [-0.25, -0.2) is 0 Å². The number of amides is 1. The fourth-order valence-electron chi connectivity index (χ4n) is 3.23. The molecule has 1 aromatic heterocycles. The van der Waals surface area contributed by atoms with E-state index in [1.807, 2.05) is 24.2 Å². The zero-order valence-corrected chi connectivity index (χ0v) is 10.9. The normalized spacial score (nSPS) is 22.4. The van der Waals surface area contributed by atoms with Gasteiger partial charge in [-0.15, -0.1) is 0 Å². The number of rotatable bonds is 3. The maximum absolute atomic E-state index is 11.6. The van der Waals surface area contributed by atoms with E-state index in [1.54, 1.807) is 6.26 Å². The van der Waals surface area contributed by atoms with Gasteiger partial charge in [0, 0.05) is 43.6 Å². The molecule has 4 heteroatoms. The molecule has 0 N–H and O–H groups in total. The minimum Gasteiger partial charge on any atom is -0.472 e. The first-order valence-electron chi connectivity index (χ1n) is 6.72. The maximum atomic E-state index is 11.6. The van der Waals surface area contributed by atoms with Crippen LogP contribution in [0.2, 0.25) is 0 Å². The molecule has 98 valence electrons. The van der Waals surface area contributed by atoms with Crippen LogP contribution in [0, 0.1) is 5.41 Å². The maximum Gasteiger partial charge on any atom is 0.222 e. The van der Waals surface area contributed by atoms with Crippen molar-refractivity contribution in [3.05, 3.63) is 24.2 Å². The Morgan fingerprint density at radius 2 is 2.28 bits per heavy atom. The van der Waals surface area contributed by atoms with E-state index < -0.39 is 0 Å². The quantitative estimate of drug-likeness (QED) is 0.817. The Bertz CT molecular complexity index is 421. The van der Waals surface area contributed by atoms with Crippen LogP contribution in [0.1, 0.15) is 25.3 Å². The van der Waals surface area contributed by atoms with Crippen molar-refractivity contribution in [3.8, 4) is 0 Å². The van der Waals surface area contributed by atoms with Crippen LogP contribution in [0.15, 0.2) is 23.0 Å². The average Bonchev–Trinajstić information content (AvgIpc) is 2.96. The molecule has 0 bridgehead atoms. The molecule has 2 saturated heterocycles. The van der Waals surface area contributed by atoms with Gasteiger partial charge < -0.3 is 9.32 Å².